The molecule has 4 aromatic rings. The van der Waals surface area contributed by atoms with Gasteiger partial charge < -0.3 is 0 Å². The Kier molecular flexibility index (Phi) is 6.81. The molecule has 36 heavy (non-hydrogen) atoms. The van der Waals surface area contributed by atoms with Crippen molar-refractivity contribution in [3.05, 3.63) is 95.4 Å². The van der Waals surface area contributed by atoms with Gasteiger partial charge in [0.1, 0.15) is 5.82 Å². The van der Waals surface area contributed by atoms with Crippen LogP contribution in [0.25, 0.3) is 16.6 Å². The normalized spacial score (nSPS) is 17.6. The molecule has 0 amide bonds. The monoisotopic (exact) mass is 496 g/mol. The summed E-state index contributed by atoms with van der Waals surface area (Å²) in [6, 6.07) is 20.2. The fraction of sp³-hybridized carbons (Fsp3) is 0.321. The largest absolute Gasteiger partial charge is 0.390 e. The second-order valence-corrected chi connectivity index (χ2v) is 9.44. The maximum atomic E-state index is 13.4. The average Bonchev–Trinajstić information content (AvgIpc) is 3.26. The van der Waals surface area contributed by atoms with E-state index in [1.54, 1.807) is 23.0 Å². The molecule has 0 N–H and O–H groups in total. The lowest BCUT2D eigenvalue weighted by molar-refractivity contribution is -0.140. The van der Waals surface area contributed by atoms with Crippen LogP contribution in [0.3, 0.4) is 0 Å². The third-order valence-corrected chi connectivity index (χ3v) is 6.89. The van der Waals surface area contributed by atoms with Gasteiger partial charge in [-0.1, -0.05) is 30.3 Å². The quantitative estimate of drug-likeness (QED) is 0.294. The summed E-state index contributed by atoms with van der Waals surface area (Å²) in [4.78, 5) is 4.28. The average molecular weight is 497 g/mol. The Labute approximate surface area is 207 Å². The Hall–Kier alpha value is -3.23. The number of benzene rings is 3. The number of hydrogen-bond acceptors (Lipinski definition) is 3. The van der Waals surface area contributed by atoms with Crippen molar-refractivity contribution >= 4 is 10.9 Å². The van der Waals surface area contributed by atoms with Crippen LogP contribution >= 0.6 is 0 Å². The number of nitrogens with zero attached hydrogens (tertiary/aromatic N) is 4. The first-order chi connectivity index (χ1) is 17.3. The van der Waals surface area contributed by atoms with Crippen LogP contribution in [-0.4, -0.2) is 51.9 Å². The van der Waals surface area contributed by atoms with Crippen LogP contribution < -0.4 is 0 Å². The van der Waals surface area contributed by atoms with Crippen molar-refractivity contribution in [2.45, 2.75) is 32.1 Å². The third-order valence-electron chi connectivity index (χ3n) is 6.89. The number of halogens is 4. The summed E-state index contributed by atoms with van der Waals surface area (Å²) in [6.45, 7) is 4.65. The van der Waals surface area contributed by atoms with E-state index in [-0.39, 0.29) is 18.4 Å². The first kappa shape index (κ1) is 24.5. The molecule has 4 nitrogen and oxygen atoms in total. The van der Waals surface area contributed by atoms with Crippen LogP contribution in [0.5, 0.6) is 0 Å². The number of alkyl halides is 3. The molecular weight excluding hydrogens is 468 g/mol. The van der Waals surface area contributed by atoms with E-state index in [0.29, 0.717) is 19.6 Å². The Balaban J connectivity index is 1.46. The first-order valence-electron chi connectivity index (χ1n) is 12.1. The molecule has 0 radical (unpaired) electrons. The molecular formula is C28H28F4N4. The topological polar surface area (TPSA) is 24.3 Å². The molecule has 0 spiro atoms. The Morgan fingerprint density at radius 2 is 1.72 bits per heavy atom. The minimum absolute atomic E-state index is 0.0281. The second kappa shape index (κ2) is 10.0. The predicted molar refractivity (Wildman–Crippen MR) is 132 cm³/mol. The summed E-state index contributed by atoms with van der Waals surface area (Å²) >= 11 is 0. The lowest BCUT2D eigenvalue weighted by Crippen LogP contribution is -2.49. The molecule has 0 unspecified atom stereocenters. The molecule has 0 bridgehead atoms. The van der Waals surface area contributed by atoms with Gasteiger partial charge in [-0.2, -0.15) is 18.3 Å². The molecule has 188 valence electrons. The van der Waals surface area contributed by atoms with Crippen molar-refractivity contribution in [1.29, 1.82) is 0 Å². The van der Waals surface area contributed by atoms with Gasteiger partial charge in [0.2, 0.25) is 0 Å². The summed E-state index contributed by atoms with van der Waals surface area (Å²) in [5, 5.41) is 5.40. The van der Waals surface area contributed by atoms with Crippen LogP contribution in [0, 0.1) is 12.7 Å². The van der Waals surface area contributed by atoms with E-state index in [0.717, 1.165) is 34.3 Å². The zero-order valence-electron chi connectivity index (χ0n) is 20.0. The number of fused-ring (bicyclic) bond motifs is 1. The van der Waals surface area contributed by atoms with Crippen molar-refractivity contribution in [2.75, 3.05) is 26.2 Å². The first-order valence-corrected chi connectivity index (χ1v) is 12.1. The highest BCUT2D eigenvalue weighted by molar-refractivity contribution is 5.82. The van der Waals surface area contributed by atoms with E-state index >= 15 is 0 Å². The minimum atomic E-state index is -4.19. The van der Waals surface area contributed by atoms with Crippen molar-refractivity contribution in [1.82, 2.24) is 19.6 Å². The van der Waals surface area contributed by atoms with Crippen LogP contribution in [-0.2, 0) is 6.54 Å². The lowest BCUT2D eigenvalue weighted by Gasteiger charge is -2.42. The minimum Gasteiger partial charge on any atom is -0.296 e. The van der Waals surface area contributed by atoms with Gasteiger partial charge in [-0.15, -0.1) is 0 Å². The van der Waals surface area contributed by atoms with E-state index in [1.165, 1.54) is 17.7 Å². The smallest absolute Gasteiger partial charge is 0.296 e. The van der Waals surface area contributed by atoms with E-state index in [9.17, 15) is 17.6 Å². The fourth-order valence-corrected chi connectivity index (χ4v) is 5.04. The van der Waals surface area contributed by atoms with E-state index < -0.39 is 12.6 Å². The van der Waals surface area contributed by atoms with Crippen LogP contribution in [0.1, 0.15) is 29.2 Å². The van der Waals surface area contributed by atoms with Crippen molar-refractivity contribution in [3.8, 4) is 5.69 Å². The zero-order valence-corrected chi connectivity index (χ0v) is 20.0. The highest BCUT2D eigenvalue weighted by Gasteiger charge is 2.34. The maximum absolute atomic E-state index is 13.4. The second-order valence-electron chi connectivity index (χ2n) is 9.44. The number of hydrogen-bond donors (Lipinski definition) is 0. The van der Waals surface area contributed by atoms with Gasteiger partial charge >= 0.3 is 6.18 Å². The predicted octanol–water partition coefficient (Wildman–Crippen LogP) is 6.28. The Bertz CT molecular complexity index is 1320. The van der Waals surface area contributed by atoms with E-state index in [4.69, 9.17) is 0 Å². The highest BCUT2D eigenvalue weighted by Crippen LogP contribution is 2.33. The summed E-state index contributed by atoms with van der Waals surface area (Å²) in [6.07, 6.45) is -3.26. The zero-order chi connectivity index (χ0) is 25.3. The molecule has 8 heteroatoms. The van der Waals surface area contributed by atoms with Gasteiger partial charge in [-0.05, 0) is 60.0 Å². The number of piperazine rings is 1. The SMILES string of the molecule is Cc1cc2c(cnn2-c2ccc(F)cc2)cc1[C@H]1CN(Cc2ccccc2)CCN1CCC(F)(F)F. The van der Waals surface area contributed by atoms with Gasteiger partial charge in [0, 0.05) is 44.2 Å². The van der Waals surface area contributed by atoms with Gasteiger partial charge in [0.15, 0.2) is 0 Å². The van der Waals surface area contributed by atoms with Gasteiger partial charge in [-0.25, -0.2) is 9.07 Å². The summed E-state index contributed by atoms with van der Waals surface area (Å²) in [7, 11) is 0. The van der Waals surface area contributed by atoms with Crippen molar-refractivity contribution < 1.29 is 17.6 Å². The molecule has 1 aliphatic rings. The summed E-state index contributed by atoms with van der Waals surface area (Å²) in [5.41, 5.74) is 4.82. The van der Waals surface area contributed by atoms with Gasteiger partial charge in [0.05, 0.1) is 23.8 Å². The third kappa shape index (κ3) is 5.44. The summed E-state index contributed by atoms with van der Waals surface area (Å²) in [5.74, 6) is -0.315. The summed E-state index contributed by atoms with van der Waals surface area (Å²) < 4.78 is 54.5. The molecule has 5 rings (SSSR count). The van der Waals surface area contributed by atoms with Crippen molar-refractivity contribution in [3.63, 3.8) is 0 Å². The molecule has 1 aliphatic heterocycles. The molecule has 1 saturated heterocycles. The van der Waals surface area contributed by atoms with Crippen molar-refractivity contribution in [2.24, 2.45) is 0 Å². The highest BCUT2D eigenvalue weighted by atomic mass is 19.4. The number of aromatic nitrogens is 2. The standard InChI is InChI=1S/C28H28F4N4/c1-20-15-26-22(17-33-36(26)24-9-7-23(29)8-10-24)16-25(20)27-19-34(18-21-5-3-2-4-6-21)13-14-35(27)12-11-28(30,31)32/h2-10,15-17,27H,11-14,18-19H2,1H3/t27-/m1/s1. The maximum Gasteiger partial charge on any atom is 0.390 e. The number of aryl methyl sites for hydroxylation is 1. The van der Waals surface area contributed by atoms with E-state index in [2.05, 4.69) is 28.2 Å². The molecule has 2 heterocycles. The van der Waals surface area contributed by atoms with Gasteiger partial charge in [0.25, 0.3) is 0 Å². The molecule has 1 aromatic heterocycles. The molecule has 3 aromatic carbocycles. The van der Waals surface area contributed by atoms with Crippen LogP contribution in [0.15, 0.2) is 72.9 Å². The lowest BCUT2D eigenvalue weighted by atomic mass is 9.95. The van der Waals surface area contributed by atoms with Crippen LogP contribution in [0.4, 0.5) is 17.6 Å². The Morgan fingerprint density at radius 1 is 0.972 bits per heavy atom. The van der Waals surface area contributed by atoms with Gasteiger partial charge in [-0.3, -0.25) is 9.80 Å². The molecule has 0 saturated carbocycles. The Morgan fingerprint density at radius 3 is 2.44 bits per heavy atom. The van der Waals surface area contributed by atoms with Crippen LogP contribution in [0.2, 0.25) is 0 Å². The molecule has 0 aliphatic carbocycles. The fourth-order valence-electron chi connectivity index (χ4n) is 5.04. The number of rotatable bonds is 6. The molecule has 1 atom stereocenters. The van der Waals surface area contributed by atoms with E-state index in [1.807, 2.05) is 36.1 Å². The molecule has 1 fully saturated rings.